The van der Waals surface area contributed by atoms with E-state index in [9.17, 15) is 14.4 Å². The number of carbonyl (C=O) groups excluding carboxylic acids is 2. The molecule has 0 spiro atoms. The Balaban J connectivity index is 0.000000342. The van der Waals surface area contributed by atoms with Gasteiger partial charge in [-0.2, -0.15) is 0 Å². The fourth-order valence-corrected chi connectivity index (χ4v) is 4.19. The van der Waals surface area contributed by atoms with Crippen molar-refractivity contribution in [1.82, 2.24) is 0 Å². The molecule has 1 N–H and O–H groups in total. The second kappa shape index (κ2) is 21.4. The van der Waals surface area contributed by atoms with Crippen molar-refractivity contribution in [3.63, 3.8) is 0 Å². The van der Waals surface area contributed by atoms with Crippen molar-refractivity contribution in [2.45, 2.75) is 78.1 Å². The highest BCUT2D eigenvalue weighted by molar-refractivity contribution is 5.91. The van der Waals surface area contributed by atoms with Gasteiger partial charge in [-0.25, -0.2) is 9.59 Å². The first kappa shape index (κ1) is 35.9. The summed E-state index contributed by atoms with van der Waals surface area (Å²) in [6.07, 6.45) is 12.7. The SMILES string of the molecule is CCCCCCCOc1ccc(C(=O)O)cc1.CCCCCCCOc1ccc(C(=O)Oc2ccc(C=O)c(OC)c2)cc1. The minimum atomic E-state index is -0.906. The zero-order chi connectivity index (χ0) is 32.0. The first-order chi connectivity index (χ1) is 21.4. The van der Waals surface area contributed by atoms with E-state index in [-0.39, 0.29) is 0 Å². The number of methoxy groups -OCH3 is 1. The van der Waals surface area contributed by atoms with Gasteiger partial charge < -0.3 is 24.1 Å². The monoisotopic (exact) mass is 606 g/mol. The van der Waals surface area contributed by atoms with Gasteiger partial charge in [-0.05, 0) is 73.5 Å². The van der Waals surface area contributed by atoms with Crippen LogP contribution in [-0.4, -0.2) is 43.7 Å². The third-order valence-electron chi connectivity index (χ3n) is 6.77. The van der Waals surface area contributed by atoms with Crippen LogP contribution in [0.4, 0.5) is 0 Å². The van der Waals surface area contributed by atoms with Crippen LogP contribution in [0.15, 0.2) is 66.7 Å². The van der Waals surface area contributed by atoms with Crippen LogP contribution in [0.2, 0.25) is 0 Å². The van der Waals surface area contributed by atoms with Gasteiger partial charge in [-0.15, -0.1) is 0 Å². The zero-order valence-electron chi connectivity index (χ0n) is 26.2. The van der Waals surface area contributed by atoms with Crippen LogP contribution in [-0.2, 0) is 0 Å². The summed E-state index contributed by atoms with van der Waals surface area (Å²) in [6.45, 7) is 5.77. The van der Waals surface area contributed by atoms with Crippen LogP contribution >= 0.6 is 0 Å². The number of unbranched alkanes of at least 4 members (excludes halogenated alkanes) is 8. The van der Waals surface area contributed by atoms with Crippen molar-refractivity contribution < 1.29 is 38.4 Å². The number of rotatable bonds is 19. The van der Waals surface area contributed by atoms with Crippen molar-refractivity contribution in [2.24, 2.45) is 0 Å². The molecule has 0 aliphatic heterocycles. The summed E-state index contributed by atoms with van der Waals surface area (Å²) >= 11 is 0. The van der Waals surface area contributed by atoms with Gasteiger partial charge in [0.25, 0.3) is 0 Å². The molecule has 3 aromatic rings. The lowest BCUT2D eigenvalue weighted by molar-refractivity contribution is 0.0694. The molecule has 44 heavy (non-hydrogen) atoms. The summed E-state index contributed by atoms with van der Waals surface area (Å²) in [4.78, 5) is 33.8. The summed E-state index contributed by atoms with van der Waals surface area (Å²) in [5.41, 5.74) is 1.11. The van der Waals surface area contributed by atoms with Gasteiger partial charge in [0.05, 0.1) is 37.0 Å². The Labute approximate surface area is 261 Å². The van der Waals surface area contributed by atoms with Gasteiger partial charge in [0, 0.05) is 6.07 Å². The van der Waals surface area contributed by atoms with Crippen molar-refractivity contribution in [3.8, 4) is 23.0 Å². The molecule has 0 aromatic heterocycles. The van der Waals surface area contributed by atoms with E-state index in [0.717, 1.165) is 24.3 Å². The van der Waals surface area contributed by atoms with E-state index < -0.39 is 11.9 Å². The first-order valence-corrected chi connectivity index (χ1v) is 15.5. The van der Waals surface area contributed by atoms with Gasteiger partial charge in [-0.1, -0.05) is 65.2 Å². The van der Waals surface area contributed by atoms with Crippen LogP contribution in [0.5, 0.6) is 23.0 Å². The van der Waals surface area contributed by atoms with Gasteiger partial charge in [0.1, 0.15) is 23.0 Å². The van der Waals surface area contributed by atoms with Gasteiger partial charge in [-0.3, -0.25) is 4.79 Å². The Morgan fingerprint density at radius 3 is 1.59 bits per heavy atom. The highest BCUT2D eigenvalue weighted by Crippen LogP contribution is 2.24. The van der Waals surface area contributed by atoms with Crippen molar-refractivity contribution >= 4 is 18.2 Å². The van der Waals surface area contributed by atoms with E-state index in [1.807, 2.05) is 0 Å². The molecule has 3 rings (SSSR count). The number of aldehydes is 1. The summed E-state index contributed by atoms with van der Waals surface area (Å²) in [7, 11) is 1.45. The largest absolute Gasteiger partial charge is 0.496 e. The van der Waals surface area contributed by atoms with Crippen LogP contribution < -0.4 is 18.9 Å². The number of benzene rings is 3. The van der Waals surface area contributed by atoms with Crippen LogP contribution in [0.3, 0.4) is 0 Å². The maximum atomic E-state index is 12.3. The molecule has 3 aromatic carbocycles. The Morgan fingerprint density at radius 2 is 1.14 bits per heavy atom. The molecule has 8 heteroatoms. The molecule has 0 fully saturated rings. The van der Waals surface area contributed by atoms with Crippen molar-refractivity contribution in [2.75, 3.05) is 20.3 Å². The number of carboxylic acids is 1. The summed E-state index contributed by atoms with van der Waals surface area (Å²) < 4.78 is 21.7. The zero-order valence-corrected chi connectivity index (χ0v) is 26.2. The minimum absolute atomic E-state index is 0.292. The van der Waals surface area contributed by atoms with E-state index in [4.69, 9.17) is 24.1 Å². The normalized spacial score (nSPS) is 10.2. The highest BCUT2D eigenvalue weighted by atomic mass is 16.5. The van der Waals surface area contributed by atoms with E-state index >= 15 is 0 Å². The molecule has 0 saturated heterocycles. The third-order valence-corrected chi connectivity index (χ3v) is 6.77. The molecule has 0 aliphatic carbocycles. The molecular weight excluding hydrogens is 560 g/mol. The summed E-state index contributed by atoms with van der Waals surface area (Å²) in [5, 5.41) is 8.73. The molecule has 0 radical (unpaired) electrons. The highest BCUT2D eigenvalue weighted by Gasteiger charge is 2.11. The second-order valence-corrected chi connectivity index (χ2v) is 10.3. The van der Waals surface area contributed by atoms with E-state index in [1.165, 1.54) is 64.5 Å². The second-order valence-electron chi connectivity index (χ2n) is 10.3. The van der Waals surface area contributed by atoms with Crippen LogP contribution in [0, 0.1) is 0 Å². The molecule has 8 nitrogen and oxygen atoms in total. The first-order valence-electron chi connectivity index (χ1n) is 15.5. The predicted molar refractivity (Wildman–Crippen MR) is 172 cm³/mol. The maximum Gasteiger partial charge on any atom is 0.343 e. The summed E-state index contributed by atoms with van der Waals surface area (Å²) in [6, 6.07) is 18.0. The lowest BCUT2D eigenvalue weighted by Crippen LogP contribution is -2.08. The number of hydrogen-bond acceptors (Lipinski definition) is 7. The van der Waals surface area contributed by atoms with E-state index in [2.05, 4.69) is 13.8 Å². The van der Waals surface area contributed by atoms with Crippen LogP contribution in [0.25, 0.3) is 0 Å². The predicted octanol–water partition coefficient (Wildman–Crippen LogP) is 8.81. The average molecular weight is 607 g/mol. The molecule has 0 amide bonds. The fourth-order valence-electron chi connectivity index (χ4n) is 4.19. The van der Waals surface area contributed by atoms with E-state index in [0.29, 0.717) is 47.7 Å². The molecule has 0 atom stereocenters. The molecule has 0 unspecified atom stereocenters. The molecule has 0 bridgehead atoms. The molecule has 0 saturated carbocycles. The van der Waals surface area contributed by atoms with Crippen molar-refractivity contribution in [1.29, 1.82) is 0 Å². The quantitative estimate of drug-likeness (QED) is 0.0624. The number of esters is 1. The topological polar surface area (TPSA) is 108 Å². The molecule has 238 valence electrons. The Hall–Kier alpha value is -4.33. The maximum absolute atomic E-state index is 12.3. The number of hydrogen-bond donors (Lipinski definition) is 1. The Bertz CT molecular complexity index is 1250. The average Bonchev–Trinajstić information content (AvgIpc) is 3.05. The summed E-state index contributed by atoms with van der Waals surface area (Å²) in [5.74, 6) is 0.760. The molecule has 0 aliphatic rings. The smallest absolute Gasteiger partial charge is 0.343 e. The van der Waals surface area contributed by atoms with Gasteiger partial charge in [0.2, 0.25) is 0 Å². The van der Waals surface area contributed by atoms with Gasteiger partial charge in [0.15, 0.2) is 6.29 Å². The Kier molecular flexibility index (Phi) is 17.4. The van der Waals surface area contributed by atoms with E-state index in [1.54, 1.807) is 60.7 Å². The molecule has 0 heterocycles. The number of carbonyl (C=O) groups is 3. The van der Waals surface area contributed by atoms with Crippen molar-refractivity contribution in [3.05, 3.63) is 83.4 Å². The number of carboxylic acid groups (broad SMARTS) is 1. The fraction of sp³-hybridized carbons (Fsp3) is 0.417. The van der Waals surface area contributed by atoms with Gasteiger partial charge >= 0.3 is 11.9 Å². The third kappa shape index (κ3) is 13.8. The lowest BCUT2D eigenvalue weighted by Gasteiger charge is -2.09. The van der Waals surface area contributed by atoms with Crippen LogP contribution in [0.1, 0.15) is 109 Å². The number of ether oxygens (including phenoxy) is 4. The minimum Gasteiger partial charge on any atom is -0.496 e. The standard InChI is InChI=1S/C22H26O5.C14H20O3/c1-3-4-5-6-7-14-26-19-11-8-17(9-12-19)22(24)27-20-13-10-18(16-23)21(15-20)25-2;1-2-3-4-5-6-11-17-13-9-7-12(8-10-13)14(15)16/h8-13,15-16H,3-7,14H2,1-2H3;7-10H,2-6,11H2,1H3,(H,15,16). The Morgan fingerprint density at radius 1 is 0.659 bits per heavy atom. The molecular formula is C36H46O8. The lowest BCUT2D eigenvalue weighted by atomic mass is 10.2. The number of aromatic carboxylic acids is 1.